The van der Waals surface area contributed by atoms with Crippen molar-refractivity contribution in [3.63, 3.8) is 0 Å². The highest BCUT2D eigenvalue weighted by atomic mass is 16.5. The maximum absolute atomic E-state index is 11.1. The van der Waals surface area contributed by atoms with E-state index in [-0.39, 0.29) is 5.91 Å². The number of hydrogen-bond acceptors (Lipinski definition) is 5. The third-order valence-electron chi connectivity index (χ3n) is 2.11. The van der Waals surface area contributed by atoms with Crippen molar-refractivity contribution in [2.45, 2.75) is 19.4 Å². The minimum Gasteiger partial charge on any atom is -0.361 e. The lowest BCUT2D eigenvalue weighted by molar-refractivity contribution is -0.120. The van der Waals surface area contributed by atoms with Crippen molar-refractivity contribution in [2.24, 2.45) is 10.8 Å². The molecule has 3 N–H and O–H groups in total. The first-order chi connectivity index (χ1) is 6.74. The van der Waals surface area contributed by atoms with Crippen LogP contribution in [0.25, 0.3) is 0 Å². The van der Waals surface area contributed by atoms with Crippen molar-refractivity contribution in [2.75, 3.05) is 0 Å². The van der Waals surface area contributed by atoms with Crippen LogP contribution in [0.5, 0.6) is 0 Å². The average Bonchev–Trinajstić information content (AvgIpc) is 2.75. The molecule has 0 saturated carbocycles. The number of aromatic nitrogens is 1. The second-order valence-corrected chi connectivity index (χ2v) is 2.97. The number of nitrogens with zero attached hydrogens (tertiary/aromatic N) is 2. The molecule has 1 aliphatic heterocycles. The van der Waals surface area contributed by atoms with E-state index >= 15 is 0 Å². The van der Waals surface area contributed by atoms with Gasteiger partial charge in [-0.3, -0.25) is 4.79 Å². The van der Waals surface area contributed by atoms with Crippen molar-refractivity contribution in [1.82, 2.24) is 10.6 Å². The molecule has 0 radical (unpaired) electrons. The summed E-state index contributed by atoms with van der Waals surface area (Å²) in [6, 6.07) is -0.723. The molecule has 1 amide bonds. The van der Waals surface area contributed by atoms with Crippen LogP contribution >= 0.6 is 0 Å². The van der Waals surface area contributed by atoms with Crippen molar-refractivity contribution >= 4 is 11.6 Å². The summed E-state index contributed by atoms with van der Waals surface area (Å²) in [6.07, 6.45) is 2.22. The Kier molecular flexibility index (Phi) is 2.05. The van der Waals surface area contributed by atoms with Gasteiger partial charge in [-0.05, 0) is 0 Å². The van der Waals surface area contributed by atoms with Gasteiger partial charge >= 0.3 is 0 Å². The molecular weight excluding hydrogens is 184 g/mol. The largest absolute Gasteiger partial charge is 0.361 e. The van der Waals surface area contributed by atoms with Gasteiger partial charge in [0.2, 0.25) is 0 Å². The molecule has 2 rings (SSSR count). The Balaban J connectivity index is 2.36. The first-order valence-electron chi connectivity index (χ1n) is 4.31. The Morgan fingerprint density at radius 3 is 3.07 bits per heavy atom. The number of rotatable bonds is 2. The molecule has 0 fully saturated rings. The van der Waals surface area contributed by atoms with Crippen LogP contribution in [-0.2, 0) is 11.2 Å². The smallest absolute Gasteiger partial charge is 0.263 e. The maximum atomic E-state index is 11.1. The molecule has 1 unspecified atom stereocenters. The monoisotopic (exact) mass is 194 g/mol. The molecule has 0 saturated heterocycles. The van der Waals surface area contributed by atoms with Gasteiger partial charge < -0.3 is 10.3 Å². The molecule has 0 bridgehead atoms. The van der Waals surface area contributed by atoms with Gasteiger partial charge in [0.15, 0.2) is 0 Å². The molecule has 1 atom stereocenters. The van der Waals surface area contributed by atoms with Crippen molar-refractivity contribution in [1.29, 1.82) is 0 Å². The van der Waals surface area contributed by atoms with E-state index in [4.69, 9.17) is 10.3 Å². The van der Waals surface area contributed by atoms with E-state index in [1.165, 1.54) is 6.20 Å². The number of hydrogen-bond donors (Lipinski definition) is 2. The number of aryl methyl sites for hydroxylation is 1. The molecule has 14 heavy (non-hydrogen) atoms. The Bertz CT molecular complexity index is 396. The summed E-state index contributed by atoms with van der Waals surface area (Å²) in [4.78, 5) is 11.1. The summed E-state index contributed by atoms with van der Waals surface area (Å²) < 4.78 is 4.98. The van der Waals surface area contributed by atoms with Crippen LogP contribution in [0.15, 0.2) is 15.8 Å². The van der Waals surface area contributed by atoms with E-state index in [0.29, 0.717) is 23.5 Å². The van der Waals surface area contributed by atoms with Crippen molar-refractivity contribution in [3.05, 3.63) is 17.5 Å². The zero-order valence-corrected chi connectivity index (χ0v) is 7.65. The number of nitrogens with two attached hydrogens (primary N) is 1. The molecular formula is C8H10N4O2. The molecule has 6 heteroatoms. The standard InChI is InChI=1S/C8H10N4O2/c1-2-5-4(3-10-14-5)7-6(9)8(13)12-11-7/h3,6H,2,9H2,1H3,(H,12,13). The number of amides is 1. The number of nitrogens with one attached hydrogen (secondary N) is 1. The zero-order chi connectivity index (χ0) is 10.1. The van der Waals surface area contributed by atoms with E-state index in [9.17, 15) is 4.79 Å². The van der Waals surface area contributed by atoms with Crippen molar-refractivity contribution < 1.29 is 9.32 Å². The molecule has 0 spiro atoms. The van der Waals surface area contributed by atoms with E-state index in [0.717, 1.165) is 0 Å². The first kappa shape index (κ1) is 8.89. The second kappa shape index (κ2) is 3.22. The van der Waals surface area contributed by atoms with Crippen LogP contribution < -0.4 is 11.2 Å². The van der Waals surface area contributed by atoms with Gasteiger partial charge in [0.1, 0.15) is 11.8 Å². The maximum Gasteiger partial charge on any atom is 0.263 e. The van der Waals surface area contributed by atoms with E-state index in [2.05, 4.69) is 15.7 Å². The second-order valence-electron chi connectivity index (χ2n) is 2.97. The minimum absolute atomic E-state index is 0.303. The highest BCUT2D eigenvalue weighted by Gasteiger charge is 2.29. The SMILES string of the molecule is CCc1oncc1C1=NNC(=O)C1N. The predicted molar refractivity (Wildman–Crippen MR) is 48.5 cm³/mol. The lowest BCUT2D eigenvalue weighted by Crippen LogP contribution is -2.37. The molecule has 0 aromatic carbocycles. The summed E-state index contributed by atoms with van der Waals surface area (Å²) in [5.74, 6) is 0.388. The third-order valence-corrected chi connectivity index (χ3v) is 2.11. The lowest BCUT2D eigenvalue weighted by atomic mass is 10.0. The van der Waals surface area contributed by atoms with Crippen LogP contribution in [0.1, 0.15) is 18.2 Å². The van der Waals surface area contributed by atoms with Crippen LogP contribution in [0, 0.1) is 0 Å². The summed E-state index contributed by atoms with van der Waals surface area (Å²) in [5.41, 5.74) is 9.14. The van der Waals surface area contributed by atoms with E-state index in [1.807, 2.05) is 6.92 Å². The minimum atomic E-state index is -0.723. The van der Waals surface area contributed by atoms with E-state index < -0.39 is 6.04 Å². The van der Waals surface area contributed by atoms with Crippen LogP contribution in [0.4, 0.5) is 0 Å². The topological polar surface area (TPSA) is 93.5 Å². The van der Waals surface area contributed by atoms with Crippen LogP contribution in [-0.4, -0.2) is 22.8 Å². The summed E-state index contributed by atoms with van der Waals surface area (Å²) in [5, 5.41) is 7.49. The normalized spacial score (nSPS) is 20.9. The quantitative estimate of drug-likeness (QED) is 0.657. The first-order valence-corrected chi connectivity index (χ1v) is 4.31. The number of carbonyl (C=O) groups is 1. The average molecular weight is 194 g/mol. The van der Waals surface area contributed by atoms with Gasteiger partial charge in [0.05, 0.1) is 17.5 Å². The van der Waals surface area contributed by atoms with Gasteiger partial charge in [-0.15, -0.1) is 0 Å². The Labute approximate surface area is 80.1 Å². The Morgan fingerprint density at radius 1 is 1.71 bits per heavy atom. The third kappa shape index (κ3) is 1.20. The zero-order valence-electron chi connectivity index (χ0n) is 7.65. The van der Waals surface area contributed by atoms with Crippen LogP contribution in [0.2, 0.25) is 0 Å². The summed E-state index contributed by atoms with van der Waals surface area (Å²) >= 11 is 0. The van der Waals surface area contributed by atoms with E-state index in [1.54, 1.807) is 0 Å². The molecule has 74 valence electrons. The van der Waals surface area contributed by atoms with Gasteiger partial charge in [0.25, 0.3) is 5.91 Å². The molecule has 6 nitrogen and oxygen atoms in total. The summed E-state index contributed by atoms with van der Waals surface area (Å²) in [6.45, 7) is 1.93. The van der Waals surface area contributed by atoms with Gasteiger partial charge in [-0.1, -0.05) is 12.1 Å². The molecule has 1 aromatic heterocycles. The summed E-state index contributed by atoms with van der Waals surface area (Å²) in [7, 11) is 0. The highest BCUT2D eigenvalue weighted by molar-refractivity contribution is 6.19. The van der Waals surface area contributed by atoms with Crippen molar-refractivity contribution in [3.8, 4) is 0 Å². The fraction of sp³-hybridized carbons (Fsp3) is 0.375. The Morgan fingerprint density at radius 2 is 2.50 bits per heavy atom. The fourth-order valence-corrected chi connectivity index (χ4v) is 1.33. The molecule has 1 aliphatic rings. The van der Waals surface area contributed by atoms with Gasteiger partial charge in [0, 0.05) is 6.42 Å². The predicted octanol–water partition coefficient (Wildman–Crippen LogP) is -0.602. The number of carbonyl (C=O) groups excluding carboxylic acids is 1. The number of hydrazone groups is 1. The fourth-order valence-electron chi connectivity index (χ4n) is 1.33. The van der Waals surface area contributed by atoms with Gasteiger partial charge in [-0.2, -0.15) is 5.10 Å². The highest BCUT2D eigenvalue weighted by Crippen LogP contribution is 2.13. The van der Waals surface area contributed by atoms with Gasteiger partial charge in [-0.25, -0.2) is 5.43 Å². The molecule has 0 aliphatic carbocycles. The lowest BCUT2D eigenvalue weighted by Gasteiger charge is -2.01. The van der Waals surface area contributed by atoms with Crippen LogP contribution in [0.3, 0.4) is 0 Å². The molecule has 2 heterocycles. The molecule has 1 aromatic rings. The Hall–Kier alpha value is -1.69.